The van der Waals surface area contributed by atoms with Crippen molar-refractivity contribution in [1.29, 1.82) is 0 Å². The first-order chi connectivity index (χ1) is 11.9. The van der Waals surface area contributed by atoms with Gasteiger partial charge in [0.1, 0.15) is 9.86 Å². The first kappa shape index (κ1) is 19.5. The molecule has 3 rings (SSSR count). The maximum atomic E-state index is 6.02. The summed E-state index contributed by atoms with van der Waals surface area (Å²) in [6.45, 7) is 11.8. The zero-order valence-electron chi connectivity index (χ0n) is 15.8. The molecule has 2 aromatic rings. The fourth-order valence-corrected chi connectivity index (χ4v) is 6.13. The van der Waals surface area contributed by atoms with Crippen LogP contribution in [-0.4, -0.2) is 27.1 Å². The monoisotopic (exact) mass is 396 g/mol. The third kappa shape index (κ3) is 4.71. The standard InChI is InChI=1S/C19H28N2OS3/c1-6-8-24-18-20-16(23-9-7-12(2)3)15-13-10-19(4,5)22-11-14(13)25-17(15)21-18/h12H,6-11H2,1-5H3. The molecule has 0 atom stereocenters. The fourth-order valence-electron chi connectivity index (χ4n) is 2.85. The van der Waals surface area contributed by atoms with Crippen LogP contribution >= 0.6 is 34.9 Å². The molecule has 6 heteroatoms. The number of hydrogen-bond donors (Lipinski definition) is 0. The lowest BCUT2D eigenvalue weighted by molar-refractivity contribution is -0.0379. The predicted molar refractivity (Wildman–Crippen MR) is 111 cm³/mol. The predicted octanol–water partition coefficient (Wildman–Crippen LogP) is 6.18. The van der Waals surface area contributed by atoms with E-state index in [0.29, 0.717) is 6.61 Å². The molecule has 0 saturated carbocycles. The van der Waals surface area contributed by atoms with Gasteiger partial charge in [-0.05, 0) is 43.9 Å². The maximum absolute atomic E-state index is 6.02. The lowest BCUT2D eigenvalue weighted by atomic mass is 9.95. The molecule has 2 aromatic heterocycles. The molecule has 138 valence electrons. The Balaban J connectivity index is 2.00. The number of thioether (sulfide) groups is 2. The van der Waals surface area contributed by atoms with Crippen molar-refractivity contribution < 1.29 is 4.74 Å². The van der Waals surface area contributed by atoms with Crippen LogP contribution in [0.15, 0.2) is 10.2 Å². The number of hydrogen-bond acceptors (Lipinski definition) is 6. The van der Waals surface area contributed by atoms with Crippen LogP contribution in [-0.2, 0) is 17.8 Å². The van der Waals surface area contributed by atoms with Crippen LogP contribution in [0.4, 0.5) is 0 Å². The first-order valence-corrected chi connectivity index (χ1v) is 11.9. The van der Waals surface area contributed by atoms with E-state index in [-0.39, 0.29) is 5.60 Å². The third-order valence-electron chi connectivity index (χ3n) is 4.25. The highest BCUT2D eigenvalue weighted by molar-refractivity contribution is 8.00. The van der Waals surface area contributed by atoms with E-state index >= 15 is 0 Å². The highest BCUT2D eigenvalue weighted by Crippen LogP contribution is 2.42. The first-order valence-electron chi connectivity index (χ1n) is 9.11. The van der Waals surface area contributed by atoms with Gasteiger partial charge in [0.05, 0.1) is 12.2 Å². The van der Waals surface area contributed by atoms with Crippen LogP contribution in [0.2, 0.25) is 0 Å². The molecule has 3 nitrogen and oxygen atoms in total. The Morgan fingerprint density at radius 3 is 2.72 bits per heavy atom. The van der Waals surface area contributed by atoms with Gasteiger partial charge in [-0.1, -0.05) is 32.5 Å². The molecule has 0 saturated heterocycles. The summed E-state index contributed by atoms with van der Waals surface area (Å²) in [6.07, 6.45) is 3.31. The lowest BCUT2D eigenvalue weighted by Crippen LogP contribution is -2.31. The molecule has 0 fully saturated rings. The van der Waals surface area contributed by atoms with E-state index in [9.17, 15) is 0 Å². The molecule has 3 heterocycles. The van der Waals surface area contributed by atoms with Gasteiger partial charge >= 0.3 is 0 Å². The van der Waals surface area contributed by atoms with Crippen LogP contribution in [0.3, 0.4) is 0 Å². The van der Waals surface area contributed by atoms with Gasteiger partial charge in [0, 0.05) is 22.4 Å². The third-order valence-corrected chi connectivity index (χ3v) is 7.41. The molecule has 0 spiro atoms. The molecule has 0 unspecified atom stereocenters. The Labute approximate surface area is 163 Å². The molecule has 0 N–H and O–H groups in total. The minimum absolute atomic E-state index is 0.101. The molecule has 0 bridgehead atoms. The molecule has 0 aliphatic carbocycles. The van der Waals surface area contributed by atoms with E-state index in [4.69, 9.17) is 14.7 Å². The van der Waals surface area contributed by atoms with E-state index in [1.54, 1.807) is 23.1 Å². The van der Waals surface area contributed by atoms with Gasteiger partial charge in [0.25, 0.3) is 0 Å². The smallest absolute Gasteiger partial charge is 0.190 e. The Hall–Kier alpha value is -0.300. The van der Waals surface area contributed by atoms with Gasteiger partial charge in [-0.3, -0.25) is 0 Å². The van der Waals surface area contributed by atoms with Crippen LogP contribution in [0, 0.1) is 5.92 Å². The van der Waals surface area contributed by atoms with E-state index < -0.39 is 0 Å². The van der Waals surface area contributed by atoms with Crippen LogP contribution < -0.4 is 0 Å². The largest absolute Gasteiger partial charge is 0.370 e. The van der Waals surface area contributed by atoms with E-state index in [1.807, 2.05) is 11.8 Å². The number of ether oxygens (including phenoxy) is 1. The highest BCUT2D eigenvalue weighted by atomic mass is 32.2. The second-order valence-electron chi connectivity index (χ2n) is 7.60. The molecular weight excluding hydrogens is 368 g/mol. The zero-order valence-corrected chi connectivity index (χ0v) is 18.3. The Kier molecular flexibility index (Phi) is 6.35. The summed E-state index contributed by atoms with van der Waals surface area (Å²) < 4.78 is 6.02. The van der Waals surface area contributed by atoms with Crippen molar-refractivity contribution in [2.45, 2.75) is 76.3 Å². The van der Waals surface area contributed by atoms with Crippen LogP contribution in [0.5, 0.6) is 0 Å². The van der Waals surface area contributed by atoms with Crippen molar-refractivity contribution in [3.8, 4) is 0 Å². The molecule has 0 radical (unpaired) electrons. The highest BCUT2D eigenvalue weighted by Gasteiger charge is 2.31. The molecule has 1 aliphatic heterocycles. The van der Waals surface area contributed by atoms with Crippen molar-refractivity contribution in [2.24, 2.45) is 5.92 Å². The van der Waals surface area contributed by atoms with Gasteiger partial charge in [0.15, 0.2) is 5.16 Å². The molecule has 0 aromatic carbocycles. The zero-order chi connectivity index (χ0) is 18.0. The number of rotatable bonds is 7. The van der Waals surface area contributed by atoms with Crippen molar-refractivity contribution >= 4 is 45.1 Å². The number of aromatic nitrogens is 2. The van der Waals surface area contributed by atoms with Gasteiger partial charge in [-0.15, -0.1) is 23.1 Å². The molecule has 25 heavy (non-hydrogen) atoms. The van der Waals surface area contributed by atoms with E-state index in [2.05, 4.69) is 34.6 Å². The number of nitrogens with zero attached hydrogens (tertiary/aromatic N) is 2. The average Bonchev–Trinajstić information content (AvgIpc) is 2.89. The van der Waals surface area contributed by atoms with Crippen molar-refractivity contribution in [2.75, 3.05) is 11.5 Å². The van der Waals surface area contributed by atoms with Gasteiger partial charge < -0.3 is 4.74 Å². The summed E-state index contributed by atoms with van der Waals surface area (Å²) >= 11 is 5.48. The summed E-state index contributed by atoms with van der Waals surface area (Å²) in [7, 11) is 0. The van der Waals surface area contributed by atoms with Crippen LogP contribution in [0.1, 0.15) is 57.9 Å². The second-order valence-corrected chi connectivity index (χ2v) is 10.8. The molecular formula is C19H28N2OS3. The Bertz CT molecular complexity index is 740. The summed E-state index contributed by atoms with van der Waals surface area (Å²) in [4.78, 5) is 12.3. The van der Waals surface area contributed by atoms with Crippen molar-refractivity contribution in [3.05, 3.63) is 10.4 Å². The fraction of sp³-hybridized carbons (Fsp3) is 0.684. The van der Waals surface area contributed by atoms with E-state index in [1.165, 1.54) is 27.3 Å². The Morgan fingerprint density at radius 2 is 2.00 bits per heavy atom. The summed E-state index contributed by atoms with van der Waals surface area (Å²) in [5, 5.41) is 3.41. The topological polar surface area (TPSA) is 35.0 Å². The maximum Gasteiger partial charge on any atom is 0.190 e. The summed E-state index contributed by atoms with van der Waals surface area (Å²) in [6, 6.07) is 0. The quantitative estimate of drug-likeness (QED) is 0.317. The Morgan fingerprint density at radius 1 is 1.20 bits per heavy atom. The lowest BCUT2D eigenvalue weighted by Gasteiger charge is -2.30. The summed E-state index contributed by atoms with van der Waals surface area (Å²) in [5.41, 5.74) is 1.33. The SMILES string of the molecule is CCCSc1nc(SCCC(C)C)c2c3c(sc2n1)COC(C)(C)C3. The van der Waals surface area contributed by atoms with Gasteiger partial charge in [0.2, 0.25) is 0 Å². The summed E-state index contributed by atoms with van der Waals surface area (Å²) in [5.74, 6) is 2.91. The minimum atomic E-state index is -0.101. The molecule has 0 amide bonds. The number of fused-ring (bicyclic) bond motifs is 3. The number of thiophene rings is 1. The average molecular weight is 397 g/mol. The van der Waals surface area contributed by atoms with Crippen molar-refractivity contribution in [3.63, 3.8) is 0 Å². The molecule has 1 aliphatic rings. The van der Waals surface area contributed by atoms with Gasteiger partial charge in [-0.2, -0.15) is 0 Å². The van der Waals surface area contributed by atoms with Gasteiger partial charge in [-0.25, -0.2) is 9.97 Å². The van der Waals surface area contributed by atoms with Crippen LogP contribution in [0.25, 0.3) is 10.2 Å². The minimum Gasteiger partial charge on any atom is -0.370 e. The normalized spacial score (nSPS) is 16.6. The second kappa shape index (κ2) is 8.15. The van der Waals surface area contributed by atoms with E-state index in [0.717, 1.165) is 40.3 Å². The van der Waals surface area contributed by atoms with Crippen molar-refractivity contribution in [1.82, 2.24) is 9.97 Å².